The molecule has 3 aromatic rings. The molecule has 0 aliphatic rings. The predicted molar refractivity (Wildman–Crippen MR) is 115 cm³/mol. The monoisotopic (exact) mass is 461 g/mol. The number of anilines is 1. The van der Waals surface area contributed by atoms with Crippen molar-refractivity contribution in [3.05, 3.63) is 70.4 Å². The molecule has 0 bridgehead atoms. The van der Waals surface area contributed by atoms with Crippen molar-refractivity contribution in [3.8, 4) is 10.6 Å². The van der Waals surface area contributed by atoms with Crippen molar-refractivity contribution in [2.45, 2.75) is 6.42 Å². The molecular weight excluding hydrogens is 445 g/mol. The molecule has 0 saturated heterocycles. The van der Waals surface area contributed by atoms with E-state index >= 15 is 0 Å². The number of halogens is 2. The SMILES string of the molecule is NC(=O)CCN(C(=O)COC(=O)c1csc(-c2cccc(Cl)c2)n1)c1ccc(F)cc1. The van der Waals surface area contributed by atoms with Crippen molar-refractivity contribution < 1.29 is 23.5 Å². The standard InChI is InChI=1S/C21H17ClFN3O4S/c22-14-3-1-2-13(10-14)20-25-17(12-31-20)21(29)30-11-19(28)26(9-8-18(24)27)16-6-4-15(23)5-7-16/h1-7,10,12H,8-9,11H2,(H2,24,27). The molecule has 7 nitrogen and oxygen atoms in total. The van der Waals surface area contributed by atoms with Crippen LogP contribution in [0.15, 0.2) is 53.9 Å². The fourth-order valence-corrected chi connectivity index (χ4v) is 3.62. The summed E-state index contributed by atoms with van der Waals surface area (Å²) >= 11 is 7.21. The Morgan fingerprint density at radius 1 is 1.16 bits per heavy atom. The minimum absolute atomic E-state index is 0.0348. The van der Waals surface area contributed by atoms with Gasteiger partial charge in [0, 0.05) is 34.6 Å². The number of carbonyl (C=O) groups excluding carboxylic acids is 3. The van der Waals surface area contributed by atoms with Crippen LogP contribution < -0.4 is 10.6 Å². The van der Waals surface area contributed by atoms with Crippen molar-refractivity contribution in [3.63, 3.8) is 0 Å². The van der Waals surface area contributed by atoms with E-state index < -0.39 is 30.2 Å². The van der Waals surface area contributed by atoms with E-state index in [9.17, 15) is 18.8 Å². The van der Waals surface area contributed by atoms with Crippen molar-refractivity contribution in [2.24, 2.45) is 5.73 Å². The number of nitrogens with zero attached hydrogens (tertiary/aromatic N) is 2. The molecule has 0 atom stereocenters. The topological polar surface area (TPSA) is 103 Å². The van der Waals surface area contributed by atoms with Gasteiger partial charge in [-0.3, -0.25) is 9.59 Å². The fourth-order valence-electron chi connectivity index (χ4n) is 2.64. The van der Waals surface area contributed by atoms with Gasteiger partial charge in [0.1, 0.15) is 10.8 Å². The van der Waals surface area contributed by atoms with Crippen LogP contribution in [-0.2, 0) is 14.3 Å². The number of amides is 2. The third-order valence-corrected chi connectivity index (χ3v) is 5.26. The molecule has 1 aromatic heterocycles. The number of hydrogen-bond donors (Lipinski definition) is 1. The van der Waals surface area contributed by atoms with Crippen LogP contribution >= 0.6 is 22.9 Å². The normalized spacial score (nSPS) is 10.5. The summed E-state index contributed by atoms with van der Waals surface area (Å²) in [5.74, 6) is -2.44. The van der Waals surface area contributed by atoms with E-state index in [4.69, 9.17) is 22.1 Å². The highest BCUT2D eigenvalue weighted by Gasteiger charge is 2.20. The number of carbonyl (C=O) groups is 3. The van der Waals surface area contributed by atoms with Gasteiger partial charge in [0.15, 0.2) is 12.3 Å². The first-order valence-corrected chi connectivity index (χ1v) is 10.3. The van der Waals surface area contributed by atoms with Crippen molar-refractivity contribution in [2.75, 3.05) is 18.1 Å². The summed E-state index contributed by atoms with van der Waals surface area (Å²) in [6.45, 7) is -0.619. The Labute approximate surface area is 186 Å². The Kier molecular flexibility index (Phi) is 7.32. The maximum absolute atomic E-state index is 13.2. The first kappa shape index (κ1) is 22.4. The third-order valence-electron chi connectivity index (χ3n) is 4.13. The summed E-state index contributed by atoms with van der Waals surface area (Å²) in [4.78, 5) is 41.5. The van der Waals surface area contributed by atoms with Gasteiger partial charge in [-0.2, -0.15) is 0 Å². The zero-order valence-electron chi connectivity index (χ0n) is 16.1. The van der Waals surface area contributed by atoms with Gasteiger partial charge in [-0.1, -0.05) is 23.7 Å². The summed E-state index contributed by atoms with van der Waals surface area (Å²) in [5, 5.41) is 2.64. The molecule has 0 saturated carbocycles. The number of nitrogens with two attached hydrogens (primary N) is 1. The number of rotatable bonds is 8. The zero-order valence-corrected chi connectivity index (χ0v) is 17.7. The Bertz CT molecular complexity index is 1100. The molecule has 0 spiro atoms. The Morgan fingerprint density at radius 2 is 1.90 bits per heavy atom. The first-order valence-electron chi connectivity index (χ1n) is 9.06. The van der Waals surface area contributed by atoms with Crippen LogP contribution in [0.1, 0.15) is 16.9 Å². The Hall–Kier alpha value is -3.30. The van der Waals surface area contributed by atoms with Gasteiger partial charge in [0.2, 0.25) is 5.91 Å². The lowest BCUT2D eigenvalue weighted by molar-refractivity contribution is -0.121. The van der Waals surface area contributed by atoms with Gasteiger partial charge in [-0.25, -0.2) is 14.2 Å². The summed E-state index contributed by atoms with van der Waals surface area (Å²) in [5.41, 5.74) is 6.32. The van der Waals surface area contributed by atoms with Crippen LogP contribution in [0.4, 0.5) is 10.1 Å². The molecule has 160 valence electrons. The maximum Gasteiger partial charge on any atom is 0.358 e. The van der Waals surface area contributed by atoms with E-state index in [1.807, 2.05) is 6.07 Å². The van der Waals surface area contributed by atoms with E-state index in [0.29, 0.717) is 15.7 Å². The summed E-state index contributed by atoms with van der Waals surface area (Å²) < 4.78 is 18.3. The third kappa shape index (κ3) is 6.09. The number of ether oxygens (including phenoxy) is 1. The number of esters is 1. The zero-order chi connectivity index (χ0) is 22.4. The molecule has 0 fully saturated rings. The second-order valence-electron chi connectivity index (χ2n) is 6.36. The number of thiazole rings is 1. The van der Waals surface area contributed by atoms with Crippen LogP contribution in [0, 0.1) is 5.82 Å². The molecule has 0 aliphatic carbocycles. The van der Waals surface area contributed by atoms with Gasteiger partial charge in [-0.15, -0.1) is 11.3 Å². The van der Waals surface area contributed by atoms with Gasteiger partial charge < -0.3 is 15.4 Å². The predicted octanol–water partition coefficient (Wildman–Crippen LogP) is 3.67. The second kappa shape index (κ2) is 10.1. The highest BCUT2D eigenvalue weighted by atomic mass is 35.5. The molecule has 1 heterocycles. The Morgan fingerprint density at radius 3 is 2.58 bits per heavy atom. The van der Waals surface area contributed by atoms with Gasteiger partial charge in [0.05, 0.1) is 0 Å². The van der Waals surface area contributed by atoms with Crippen molar-refractivity contribution in [1.29, 1.82) is 0 Å². The number of benzene rings is 2. The van der Waals surface area contributed by atoms with Crippen LogP contribution in [-0.4, -0.2) is 35.9 Å². The van der Waals surface area contributed by atoms with Crippen molar-refractivity contribution >= 4 is 46.4 Å². The summed E-state index contributed by atoms with van der Waals surface area (Å²) in [6, 6.07) is 12.1. The van der Waals surface area contributed by atoms with E-state index in [1.54, 1.807) is 18.2 Å². The summed E-state index contributed by atoms with van der Waals surface area (Å²) in [7, 11) is 0. The molecule has 2 amide bonds. The Balaban J connectivity index is 1.66. The van der Waals surface area contributed by atoms with Gasteiger partial charge in [-0.05, 0) is 36.4 Å². The number of aromatic nitrogens is 1. The maximum atomic E-state index is 13.2. The van der Waals surface area contributed by atoms with Crippen LogP contribution in [0.2, 0.25) is 5.02 Å². The average molecular weight is 462 g/mol. The molecule has 0 radical (unpaired) electrons. The molecule has 2 N–H and O–H groups in total. The highest BCUT2D eigenvalue weighted by Crippen LogP contribution is 2.26. The first-order chi connectivity index (χ1) is 14.8. The van der Waals surface area contributed by atoms with E-state index in [1.165, 1.54) is 45.9 Å². The molecular formula is C21H17ClFN3O4S. The quantitative estimate of drug-likeness (QED) is 0.515. The lowest BCUT2D eigenvalue weighted by Crippen LogP contribution is -2.37. The van der Waals surface area contributed by atoms with E-state index in [0.717, 1.165) is 5.56 Å². The smallest absolute Gasteiger partial charge is 0.358 e. The molecule has 2 aromatic carbocycles. The number of hydrogen-bond acceptors (Lipinski definition) is 6. The molecule has 31 heavy (non-hydrogen) atoms. The molecule has 0 unspecified atom stereocenters. The lowest BCUT2D eigenvalue weighted by Gasteiger charge is -2.22. The van der Waals surface area contributed by atoms with Crippen LogP contribution in [0.3, 0.4) is 0 Å². The van der Waals surface area contributed by atoms with Crippen LogP contribution in [0.25, 0.3) is 10.6 Å². The minimum atomic E-state index is -0.771. The average Bonchev–Trinajstić information content (AvgIpc) is 3.23. The highest BCUT2D eigenvalue weighted by molar-refractivity contribution is 7.13. The van der Waals surface area contributed by atoms with Gasteiger partial charge in [0.25, 0.3) is 5.91 Å². The van der Waals surface area contributed by atoms with Gasteiger partial charge >= 0.3 is 5.97 Å². The largest absolute Gasteiger partial charge is 0.451 e. The molecule has 3 rings (SSSR count). The minimum Gasteiger partial charge on any atom is -0.451 e. The molecule has 0 aliphatic heterocycles. The van der Waals surface area contributed by atoms with E-state index in [2.05, 4.69) is 4.98 Å². The second-order valence-corrected chi connectivity index (χ2v) is 7.66. The fraction of sp³-hybridized carbons (Fsp3) is 0.143. The number of primary amides is 1. The summed E-state index contributed by atoms with van der Waals surface area (Å²) in [6.07, 6.45) is -0.105. The van der Waals surface area contributed by atoms with Crippen LogP contribution in [0.5, 0.6) is 0 Å². The molecule has 10 heteroatoms. The lowest BCUT2D eigenvalue weighted by atomic mass is 10.2. The van der Waals surface area contributed by atoms with Crippen molar-refractivity contribution in [1.82, 2.24) is 4.98 Å². The van der Waals surface area contributed by atoms with E-state index in [-0.39, 0.29) is 18.7 Å².